The summed E-state index contributed by atoms with van der Waals surface area (Å²) in [7, 11) is 0. The fraction of sp³-hybridized carbons (Fsp3) is 0.101. The minimum Gasteiger partial charge on any atom is -0.308 e. The number of benzene rings is 11. The number of nitrogens with zero attached hydrogens (tertiary/aromatic N) is 5. The van der Waals surface area contributed by atoms with Crippen molar-refractivity contribution >= 4 is 43.6 Å². The quantitative estimate of drug-likeness (QED) is 0.145. The first kappa shape index (κ1) is 51.7. The third-order valence-electron chi connectivity index (χ3n) is 17.1. The minimum absolute atomic E-state index is 0.521. The van der Waals surface area contributed by atoms with Crippen molar-refractivity contribution in [3.05, 3.63) is 275 Å². The van der Waals surface area contributed by atoms with Crippen LogP contribution in [0.1, 0.15) is 50.1 Å². The molecule has 0 spiro atoms. The molecule has 0 N–H and O–H groups in total. The lowest BCUT2D eigenvalue weighted by Crippen LogP contribution is -2.06. The summed E-state index contributed by atoms with van der Waals surface area (Å²) in [4.78, 5) is 10.9. The van der Waals surface area contributed by atoms with Crippen LogP contribution in [0.3, 0.4) is 0 Å². The maximum atomic E-state index is 12.2. The third-order valence-corrected chi connectivity index (χ3v) is 17.1. The van der Waals surface area contributed by atoms with E-state index in [4.69, 9.17) is 9.97 Å². The number of aryl methyl sites for hydroxylation is 8. The van der Waals surface area contributed by atoms with Crippen LogP contribution < -0.4 is 0 Å². The Bertz CT molecular complexity index is 4530. The van der Waals surface area contributed by atoms with E-state index < -0.39 is 0 Å². The summed E-state index contributed by atoms with van der Waals surface area (Å²) in [6, 6.07) is 84.1. The van der Waals surface area contributed by atoms with Crippen molar-refractivity contribution in [3.63, 3.8) is 0 Å². The van der Waals surface area contributed by atoms with Gasteiger partial charge in [0.05, 0.1) is 44.8 Å². The van der Waals surface area contributed by atoms with Gasteiger partial charge in [0.15, 0.2) is 5.82 Å². The van der Waals surface area contributed by atoms with Crippen LogP contribution >= 0.6 is 0 Å². The molecule has 14 aromatic rings. The molecule has 0 atom stereocenters. The van der Waals surface area contributed by atoms with Gasteiger partial charge in [0, 0.05) is 38.2 Å². The Kier molecular flexibility index (Phi) is 12.6. The maximum absolute atomic E-state index is 12.2. The fourth-order valence-electron chi connectivity index (χ4n) is 13.1. The van der Waals surface area contributed by atoms with Crippen molar-refractivity contribution in [3.8, 4) is 95.9 Å². The molecule has 3 heterocycles. The number of hydrogen-bond donors (Lipinski definition) is 0. The summed E-state index contributed by atoms with van der Waals surface area (Å²) in [5, 5.41) is 16.6. The van der Waals surface area contributed by atoms with Gasteiger partial charge in [-0.25, -0.2) is 9.97 Å². The number of aromatic nitrogens is 4. The van der Waals surface area contributed by atoms with Gasteiger partial charge in [0.2, 0.25) is 0 Å². The molecule has 0 saturated carbocycles. The second-order valence-corrected chi connectivity index (χ2v) is 23.1. The molecular weight excluding hydrogens is 1020 g/mol. The van der Waals surface area contributed by atoms with Gasteiger partial charge < -0.3 is 9.13 Å². The van der Waals surface area contributed by atoms with Crippen LogP contribution in [0.4, 0.5) is 0 Å². The maximum Gasteiger partial charge on any atom is 0.160 e. The number of fused-ring (bicyclic) bond motifs is 6. The lowest BCUT2D eigenvalue weighted by molar-refractivity contribution is 1.11. The predicted octanol–water partition coefficient (Wildman–Crippen LogP) is 20.7. The molecule has 0 aliphatic rings. The lowest BCUT2D eigenvalue weighted by atomic mass is 9.95. The van der Waals surface area contributed by atoms with Crippen LogP contribution in [-0.2, 0) is 0 Å². The van der Waals surface area contributed by atoms with Crippen LogP contribution in [-0.4, -0.2) is 19.1 Å². The molecule has 0 unspecified atom stereocenters. The molecule has 0 amide bonds. The summed E-state index contributed by atoms with van der Waals surface area (Å²) >= 11 is 0. The van der Waals surface area contributed by atoms with Crippen LogP contribution in [0.25, 0.3) is 133 Å². The largest absolute Gasteiger partial charge is 0.308 e. The first-order valence-corrected chi connectivity index (χ1v) is 28.9. The lowest BCUT2D eigenvalue weighted by Gasteiger charge is -2.19. The predicted molar refractivity (Wildman–Crippen MR) is 351 cm³/mol. The monoisotopic (exact) mass is 1080 g/mol. The van der Waals surface area contributed by atoms with Crippen molar-refractivity contribution in [1.82, 2.24) is 19.1 Å². The molecule has 402 valence electrons. The molecule has 0 aliphatic carbocycles. The highest BCUT2D eigenvalue weighted by Gasteiger charge is 2.26. The van der Waals surface area contributed by atoms with Crippen molar-refractivity contribution in [2.24, 2.45) is 0 Å². The smallest absolute Gasteiger partial charge is 0.160 e. The van der Waals surface area contributed by atoms with E-state index in [9.17, 15) is 5.26 Å². The van der Waals surface area contributed by atoms with Gasteiger partial charge in [-0.2, -0.15) is 5.26 Å². The van der Waals surface area contributed by atoms with Crippen LogP contribution in [0.15, 0.2) is 224 Å². The van der Waals surface area contributed by atoms with Gasteiger partial charge in [0.25, 0.3) is 0 Å². The fourth-order valence-corrected chi connectivity index (χ4v) is 13.1. The van der Waals surface area contributed by atoms with Crippen molar-refractivity contribution in [2.45, 2.75) is 55.4 Å². The second kappa shape index (κ2) is 20.5. The van der Waals surface area contributed by atoms with E-state index >= 15 is 0 Å². The van der Waals surface area contributed by atoms with Crippen LogP contribution in [0, 0.1) is 66.7 Å². The summed E-state index contributed by atoms with van der Waals surface area (Å²) < 4.78 is 4.63. The Morgan fingerprint density at radius 2 is 0.607 bits per heavy atom. The standard InChI is InChI=1S/C79H61N5/c1-47-19-27-62(51(5)35-47)57-23-31-73-66(39-57)67-40-58(63-28-20-48(2)36-52(63)6)24-32-74(67)83(73)77-43-61(79-81-71(55-15-11-9-12-16-55)45-72(82-79)56-17-13-10-14-18-56)44-78(70(77)46-80)84-75-33-25-59(64-29-21-49(3)37-53(64)7)41-68(75)69-42-60(26-34-76(69)84)65-30-22-50(4)38-54(65)8/h9-45H,1-8H3. The number of hydrogen-bond acceptors (Lipinski definition) is 3. The van der Waals surface area contributed by atoms with Crippen LogP contribution in [0.2, 0.25) is 0 Å². The molecule has 5 heteroatoms. The van der Waals surface area contributed by atoms with E-state index in [0.717, 1.165) is 105 Å². The van der Waals surface area contributed by atoms with E-state index in [2.05, 4.69) is 283 Å². The molecule has 0 fully saturated rings. The molecule has 0 aliphatic heterocycles. The normalized spacial score (nSPS) is 11.6. The van der Waals surface area contributed by atoms with E-state index in [-0.39, 0.29) is 0 Å². The topological polar surface area (TPSA) is 59.4 Å². The van der Waals surface area contributed by atoms with Crippen molar-refractivity contribution < 1.29 is 0 Å². The van der Waals surface area contributed by atoms with Gasteiger partial charge in [-0.3, -0.25) is 0 Å². The molecule has 0 bridgehead atoms. The average Bonchev–Trinajstić information content (AvgIpc) is 1.79. The summed E-state index contributed by atoms with van der Waals surface area (Å²) in [5.41, 5.74) is 29.4. The zero-order valence-electron chi connectivity index (χ0n) is 48.6. The Labute approximate surface area is 491 Å². The molecule has 5 nitrogen and oxygen atoms in total. The highest BCUT2D eigenvalue weighted by Crippen LogP contribution is 2.45. The second-order valence-electron chi connectivity index (χ2n) is 23.1. The molecule has 11 aromatic carbocycles. The van der Waals surface area contributed by atoms with E-state index in [1.165, 1.54) is 66.8 Å². The average molecular weight is 1080 g/mol. The van der Waals surface area contributed by atoms with Crippen molar-refractivity contribution in [2.75, 3.05) is 0 Å². The number of rotatable bonds is 9. The zero-order chi connectivity index (χ0) is 57.5. The highest BCUT2D eigenvalue weighted by molar-refractivity contribution is 6.14. The Morgan fingerprint density at radius 3 is 0.893 bits per heavy atom. The molecular formula is C79H61N5. The minimum atomic E-state index is 0.521. The number of nitriles is 1. The summed E-state index contributed by atoms with van der Waals surface area (Å²) in [6.45, 7) is 17.4. The Balaban J connectivity index is 1.11. The highest BCUT2D eigenvalue weighted by atomic mass is 15.0. The van der Waals surface area contributed by atoms with Gasteiger partial charge in [-0.1, -0.05) is 180 Å². The van der Waals surface area contributed by atoms with Crippen molar-refractivity contribution in [1.29, 1.82) is 5.26 Å². The van der Waals surface area contributed by atoms with E-state index in [1.807, 2.05) is 12.1 Å². The third kappa shape index (κ3) is 8.95. The first-order chi connectivity index (χ1) is 40.8. The van der Waals surface area contributed by atoms with E-state index in [0.29, 0.717) is 11.4 Å². The molecule has 14 rings (SSSR count). The van der Waals surface area contributed by atoms with Gasteiger partial charge >= 0.3 is 0 Å². The zero-order valence-corrected chi connectivity index (χ0v) is 48.6. The van der Waals surface area contributed by atoms with Crippen LogP contribution in [0.5, 0.6) is 0 Å². The molecule has 3 aromatic heterocycles. The van der Waals surface area contributed by atoms with E-state index in [1.54, 1.807) is 0 Å². The van der Waals surface area contributed by atoms with Gasteiger partial charge in [-0.15, -0.1) is 0 Å². The van der Waals surface area contributed by atoms with Gasteiger partial charge in [-0.05, 0) is 189 Å². The SMILES string of the molecule is Cc1ccc(-c2ccc3c(c2)c2cc(-c4ccc(C)cc4C)ccc2n3-c2cc(-c3nc(-c4ccccc4)cc(-c4ccccc4)n3)cc(-n3c4ccc(-c5ccc(C)cc5C)cc4c4cc(-c5ccc(C)cc5C)ccc43)c2C#N)c(C)c1. The van der Waals surface area contributed by atoms with Gasteiger partial charge in [0.1, 0.15) is 11.6 Å². The first-order valence-electron chi connectivity index (χ1n) is 28.9. The molecule has 0 radical (unpaired) electrons. The Morgan fingerprint density at radius 1 is 0.298 bits per heavy atom. The molecule has 84 heavy (non-hydrogen) atoms. The summed E-state index contributed by atoms with van der Waals surface area (Å²) in [5.74, 6) is 0.548. The Hall–Kier alpha value is -10.4. The summed E-state index contributed by atoms with van der Waals surface area (Å²) in [6.07, 6.45) is 0. The molecule has 0 saturated heterocycles.